The molecule has 29 heavy (non-hydrogen) atoms. The summed E-state index contributed by atoms with van der Waals surface area (Å²) in [6, 6.07) is 12.8. The number of hydrazone groups is 2. The van der Waals surface area contributed by atoms with Gasteiger partial charge in [-0.2, -0.15) is 27.0 Å². The first kappa shape index (κ1) is 22.6. The Bertz CT molecular complexity index is 1030. The Morgan fingerprint density at radius 2 is 1.00 bits per heavy atom. The number of aryl methyl sites for hydroxylation is 2. The van der Waals surface area contributed by atoms with Crippen LogP contribution in [0.2, 0.25) is 0 Å². The normalized spacial score (nSPS) is 13.2. The van der Waals surface area contributed by atoms with Crippen molar-refractivity contribution in [3.63, 3.8) is 0 Å². The zero-order valence-electron chi connectivity index (χ0n) is 16.7. The fourth-order valence-corrected chi connectivity index (χ4v) is 4.02. The first-order chi connectivity index (χ1) is 13.5. The fourth-order valence-electron chi connectivity index (χ4n) is 2.27. The van der Waals surface area contributed by atoms with Crippen LogP contribution in [-0.2, 0) is 20.0 Å². The Balaban J connectivity index is 2.00. The van der Waals surface area contributed by atoms with Gasteiger partial charge in [0.15, 0.2) is 0 Å². The lowest BCUT2D eigenvalue weighted by molar-refractivity contribution is 0.583. The summed E-state index contributed by atoms with van der Waals surface area (Å²) in [4.78, 5) is 4.55. The van der Waals surface area contributed by atoms with E-state index in [1.807, 2.05) is 13.8 Å². The van der Waals surface area contributed by atoms with E-state index in [0.717, 1.165) is 11.1 Å². The first-order valence-electron chi connectivity index (χ1n) is 8.73. The molecule has 0 aromatic heterocycles. The second kappa shape index (κ2) is 9.19. The summed E-state index contributed by atoms with van der Waals surface area (Å²) in [6.07, 6.45) is 0.187. The van der Waals surface area contributed by atoms with Crippen molar-refractivity contribution in [3.05, 3.63) is 59.7 Å². The molecule has 0 bridgehead atoms. The van der Waals surface area contributed by atoms with E-state index in [9.17, 15) is 16.8 Å². The molecule has 156 valence electrons. The molecule has 0 saturated heterocycles. The van der Waals surface area contributed by atoms with Gasteiger partial charge in [0.2, 0.25) is 0 Å². The Morgan fingerprint density at radius 1 is 0.690 bits per heavy atom. The van der Waals surface area contributed by atoms with Crippen LogP contribution in [0.5, 0.6) is 0 Å². The quantitative estimate of drug-likeness (QED) is 0.489. The molecule has 8 nitrogen and oxygen atoms in total. The summed E-state index contributed by atoms with van der Waals surface area (Å²) in [5.74, 6) is 0. The zero-order valence-corrected chi connectivity index (χ0v) is 18.3. The number of hydrogen-bond acceptors (Lipinski definition) is 6. The van der Waals surface area contributed by atoms with Gasteiger partial charge >= 0.3 is 0 Å². The van der Waals surface area contributed by atoms with Crippen molar-refractivity contribution in [1.29, 1.82) is 0 Å². The number of benzene rings is 2. The van der Waals surface area contributed by atoms with Crippen molar-refractivity contribution in [3.8, 4) is 0 Å². The van der Waals surface area contributed by atoms with Crippen LogP contribution in [-0.4, -0.2) is 28.3 Å². The minimum absolute atomic E-state index is 0.107. The second-order valence-corrected chi connectivity index (χ2v) is 10.0. The Morgan fingerprint density at radius 3 is 1.31 bits per heavy atom. The van der Waals surface area contributed by atoms with E-state index in [0.29, 0.717) is 11.4 Å². The van der Waals surface area contributed by atoms with E-state index in [4.69, 9.17) is 0 Å². The predicted octanol–water partition coefficient (Wildman–Crippen LogP) is 2.70. The van der Waals surface area contributed by atoms with Gasteiger partial charge in [0, 0.05) is 17.8 Å². The van der Waals surface area contributed by atoms with Crippen LogP contribution in [0, 0.1) is 13.8 Å². The maximum absolute atomic E-state index is 12.2. The van der Waals surface area contributed by atoms with Crippen LogP contribution < -0.4 is 9.66 Å². The highest BCUT2D eigenvalue weighted by Crippen LogP contribution is 2.11. The number of hydrogen-bond donors (Lipinski definition) is 2. The van der Waals surface area contributed by atoms with Gasteiger partial charge in [0.05, 0.1) is 9.79 Å². The van der Waals surface area contributed by atoms with Crippen molar-refractivity contribution in [2.24, 2.45) is 10.2 Å². The summed E-state index contributed by atoms with van der Waals surface area (Å²) in [7, 11) is -7.54. The number of rotatable bonds is 8. The maximum Gasteiger partial charge on any atom is 0.276 e. The molecule has 0 saturated carbocycles. The molecule has 10 heteroatoms. The van der Waals surface area contributed by atoms with E-state index >= 15 is 0 Å². The van der Waals surface area contributed by atoms with E-state index in [1.54, 1.807) is 38.1 Å². The van der Waals surface area contributed by atoms with Crippen LogP contribution in [0.25, 0.3) is 0 Å². The van der Waals surface area contributed by atoms with Gasteiger partial charge in [0.25, 0.3) is 20.0 Å². The van der Waals surface area contributed by atoms with Crippen LogP contribution in [0.1, 0.15) is 31.4 Å². The first-order valence-corrected chi connectivity index (χ1v) is 11.7. The summed E-state index contributed by atoms with van der Waals surface area (Å²) in [5, 5.41) is 7.74. The third-order valence-electron chi connectivity index (χ3n) is 3.89. The second-order valence-electron chi connectivity index (χ2n) is 6.69. The molecule has 2 N–H and O–H groups in total. The van der Waals surface area contributed by atoms with Gasteiger partial charge in [-0.15, -0.1) is 0 Å². The van der Waals surface area contributed by atoms with Gasteiger partial charge in [-0.25, -0.2) is 9.66 Å². The molecule has 0 aliphatic carbocycles. The van der Waals surface area contributed by atoms with Crippen molar-refractivity contribution in [2.45, 2.75) is 43.9 Å². The Labute approximate surface area is 171 Å². The maximum atomic E-state index is 12.2. The summed E-state index contributed by atoms with van der Waals surface area (Å²) >= 11 is 0. The molecule has 0 fully saturated rings. The van der Waals surface area contributed by atoms with Gasteiger partial charge in [-0.1, -0.05) is 35.4 Å². The highest BCUT2D eigenvalue weighted by molar-refractivity contribution is 7.89. The average Bonchev–Trinajstić information content (AvgIpc) is 2.66. The molecule has 0 amide bonds. The fraction of sp³-hybridized carbons (Fsp3) is 0.263. The van der Waals surface area contributed by atoms with Crippen molar-refractivity contribution in [2.75, 3.05) is 0 Å². The molecule has 0 unspecified atom stereocenters. The molecule has 0 heterocycles. The summed E-state index contributed by atoms with van der Waals surface area (Å²) in [5.41, 5.74) is 2.75. The molecule has 2 aromatic carbocycles. The van der Waals surface area contributed by atoms with Crippen LogP contribution in [0.15, 0.2) is 68.5 Å². The van der Waals surface area contributed by atoms with Gasteiger partial charge in [-0.3, -0.25) is 0 Å². The molecular formula is C19H24N4O4S2. The average molecular weight is 437 g/mol. The van der Waals surface area contributed by atoms with E-state index in [-0.39, 0.29) is 16.2 Å². The van der Waals surface area contributed by atoms with Crippen molar-refractivity contribution in [1.82, 2.24) is 9.66 Å². The SMILES string of the molecule is CC(CC(C)=NNS(=O)(=O)c1ccc(C)cc1)=NNS(=O)(=O)c1ccc(C)cc1. The summed E-state index contributed by atoms with van der Waals surface area (Å²) < 4.78 is 48.9. The third-order valence-corrected chi connectivity index (χ3v) is 6.34. The predicted molar refractivity (Wildman–Crippen MR) is 114 cm³/mol. The highest BCUT2D eigenvalue weighted by Gasteiger charge is 2.14. The molecule has 0 spiro atoms. The zero-order chi connectivity index (χ0) is 21.7. The summed E-state index contributed by atoms with van der Waals surface area (Å²) in [6.45, 7) is 6.96. The lowest BCUT2D eigenvalue weighted by Gasteiger charge is -2.07. The highest BCUT2D eigenvalue weighted by atomic mass is 32.2. The van der Waals surface area contributed by atoms with Crippen molar-refractivity contribution < 1.29 is 16.8 Å². The van der Waals surface area contributed by atoms with Crippen molar-refractivity contribution >= 4 is 31.5 Å². The molecule has 2 rings (SSSR count). The van der Waals surface area contributed by atoms with Gasteiger partial charge in [0.1, 0.15) is 0 Å². The lowest BCUT2D eigenvalue weighted by atomic mass is 10.2. The Hall–Kier alpha value is -2.72. The van der Waals surface area contributed by atoms with Crippen LogP contribution in [0.3, 0.4) is 0 Å². The molecule has 0 aliphatic heterocycles. The van der Waals surface area contributed by atoms with Gasteiger partial charge < -0.3 is 0 Å². The smallest absolute Gasteiger partial charge is 0.200 e. The minimum atomic E-state index is -3.77. The monoisotopic (exact) mass is 436 g/mol. The number of sulfonamides is 2. The molecule has 0 radical (unpaired) electrons. The Kier molecular flexibility index (Phi) is 7.15. The molecule has 2 aromatic rings. The molecular weight excluding hydrogens is 412 g/mol. The van der Waals surface area contributed by atoms with E-state index in [2.05, 4.69) is 19.9 Å². The van der Waals surface area contributed by atoms with Crippen LogP contribution >= 0.6 is 0 Å². The van der Waals surface area contributed by atoms with Crippen LogP contribution in [0.4, 0.5) is 0 Å². The lowest BCUT2D eigenvalue weighted by Crippen LogP contribution is -2.22. The largest absolute Gasteiger partial charge is 0.276 e. The minimum Gasteiger partial charge on any atom is -0.200 e. The number of nitrogens with one attached hydrogen (secondary N) is 2. The van der Waals surface area contributed by atoms with E-state index < -0.39 is 20.0 Å². The number of nitrogens with zero attached hydrogens (tertiary/aromatic N) is 2. The third kappa shape index (κ3) is 6.68. The molecule has 0 aliphatic rings. The standard InChI is InChI=1S/C19H24N4O4S2/c1-14-5-9-18(10-6-14)28(24,25)22-20-16(3)13-17(4)21-23-29(26,27)19-11-7-15(2)8-12-19/h5-12,22-23H,13H2,1-4H3. The molecule has 0 atom stereocenters. The van der Waals surface area contributed by atoms with E-state index in [1.165, 1.54) is 24.3 Å². The van der Waals surface area contributed by atoms with Gasteiger partial charge in [-0.05, 0) is 52.0 Å². The topological polar surface area (TPSA) is 117 Å².